The first-order valence-electron chi connectivity index (χ1n) is 7.67. The summed E-state index contributed by atoms with van der Waals surface area (Å²) in [4.78, 5) is 15.3. The van der Waals surface area contributed by atoms with Gasteiger partial charge in [-0.25, -0.2) is 9.97 Å². The number of aliphatic imine (C=N–C) groups is 1. The minimum absolute atomic E-state index is 0. The molecule has 3 rings (SSSR count). The molecule has 2 N–H and O–H groups in total. The van der Waals surface area contributed by atoms with Crippen molar-refractivity contribution >= 4 is 41.3 Å². The maximum atomic E-state index is 4.36. The minimum atomic E-state index is 0. The zero-order valence-electron chi connectivity index (χ0n) is 14.1. The summed E-state index contributed by atoms with van der Waals surface area (Å²) in [5.74, 6) is 1.63. The van der Waals surface area contributed by atoms with Crippen molar-refractivity contribution in [3.8, 4) is 5.82 Å². The molecule has 0 atom stereocenters. The van der Waals surface area contributed by atoms with Crippen LogP contribution in [-0.2, 0) is 13.1 Å². The van der Waals surface area contributed by atoms with Crippen LogP contribution in [0.5, 0.6) is 0 Å². The molecule has 0 amide bonds. The number of nitrogens with one attached hydrogen (secondary N) is 2. The van der Waals surface area contributed by atoms with E-state index >= 15 is 0 Å². The van der Waals surface area contributed by atoms with E-state index in [0.717, 1.165) is 23.9 Å². The van der Waals surface area contributed by atoms with Crippen LogP contribution in [-0.4, -0.2) is 27.5 Å². The molecule has 3 aromatic rings. The topological polar surface area (TPSA) is 67.1 Å². The van der Waals surface area contributed by atoms with Crippen molar-refractivity contribution in [3.63, 3.8) is 0 Å². The Kier molecular flexibility index (Phi) is 7.38. The fraction of sp³-hybridized carbons (Fsp3) is 0.235. The standard InChI is InChI=1S/C17H20N6S.HI/c1-13-3-4-15(24-13)11-22-17(18-2)21-10-14-5-6-20-16(9-14)23-8-7-19-12-23;/h3-9,12H,10-11H2,1-2H3,(H2,18,21,22);1H. The Balaban J connectivity index is 0.00000225. The van der Waals surface area contributed by atoms with Crippen LogP contribution in [0.15, 0.2) is 54.2 Å². The molecule has 0 saturated heterocycles. The van der Waals surface area contributed by atoms with E-state index in [9.17, 15) is 0 Å². The van der Waals surface area contributed by atoms with Crippen LogP contribution in [0, 0.1) is 6.92 Å². The number of hydrogen-bond donors (Lipinski definition) is 2. The van der Waals surface area contributed by atoms with E-state index < -0.39 is 0 Å². The molecule has 3 heterocycles. The highest BCUT2D eigenvalue weighted by molar-refractivity contribution is 14.0. The summed E-state index contributed by atoms with van der Waals surface area (Å²) >= 11 is 1.79. The molecule has 25 heavy (non-hydrogen) atoms. The van der Waals surface area contributed by atoms with Gasteiger partial charge in [0.2, 0.25) is 0 Å². The van der Waals surface area contributed by atoms with Gasteiger partial charge in [-0.15, -0.1) is 35.3 Å². The van der Waals surface area contributed by atoms with Crippen molar-refractivity contribution in [3.05, 3.63) is 64.5 Å². The highest BCUT2D eigenvalue weighted by Crippen LogP contribution is 2.14. The molecule has 0 aliphatic rings. The lowest BCUT2D eigenvalue weighted by Crippen LogP contribution is -2.36. The average molecular weight is 468 g/mol. The number of thiophene rings is 1. The number of aromatic nitrogens is 3. The summed E-state index contributed by atoms with van der Waals surface area (Å²) in [6.07, 6.45) is 7.16. The maximum absolute atomic E-state index is 4.36. The molecular weight excluding hydrogens is 447 g/mol. The molecular formula is C17H21IN6S. The van der Waals surface area contributed by atoms with Gasteiger partial charge in [0.25, 0.3) is 0 Å². The number of nitrogens with zero attached hydrogens (tertiary/aromatic N) is 4. The highest BCUT2D eigenvalue weighted by Gasteiger charge is 2.03. The first kappa shape index (κ1) is 19.4. The SMILES string of the molecule is CN=C(NCc1ccnc(-n2ccnc2)c1)NCc1ccc(C)s1.I. The van der Waals surface area contributed by atoms with Crippen molar-refractivity contribution in [1.82, 2.24) is 25.2 Å². The van der Waals surface area contributed by atoms with Crippen molar-refractivity contribution in [2.24, 2.45) is 4.99 Å². The lowest BCUT2D eigenvalue weighted by molar-refractivity contribution is 0.812. The number of halogens is 1. The number of rotatable bonds is 5. The summed E-state index contributed by atoms with van der Waals surface area (Å²) in [5.41, 5.74) is 1.13. The minimum Gasteiger partial charge on any atom is -0.352 e. The molecule has 0 unspecified atom stereocenters. The normalized spacial score (nSPS) is 11.0. The number of hydrogen-bond acceptors (Lipinski definition) is 4. The Morgan fingerprint density at radius 1 is 1.20 bits per heavy atom. The van der Waals surface area contributed by atoms with Gasteiger partial charge in [-0.05, 0) is 36.8 Å². The number of guanidine groups is 1. The molecule has 0 radical (unpaired) electrons. The molecule has 3 aromatic heterocycles. The fourth-order valence-corrected chi connectivity index (χ4v) is 3.09. The van der Waals surface area contributed by atoms with Crippen LogP contribution >= 0.6 is 35.3 Å². The van der Waals surface area contributed by atoms with Crippen molar-refractivity contribution in [1.29, 1.82) is 0 Å². The molecule has 0 saturated carbocycles. The fourth-order valence-electron chi connectivity index (χ4n) is 2.26. The van der Waals surface area contributed by atoms with Gasteiger partial charge in [-0.2, -0.15) is 0 Å². The lowest BCUT2D eigenvalue weighted by Gasteiger charge is -2.12. The van der Waals surface area contributed by atoms with Gasteiger partial charge in [0.15, 0.2) is 5.96 Å². The zero-order valence-corrected chi connectivity index (χ0v) is 17.3. The van der Waals surface area contributed by atoms with Gasteiger partial charge in [0.1, 0.15) is 12.1 Å². The summed E-state index contributed by atoms with van der Waals surface area (Å²) in [5, 5.41) is 6.66. The van der Waals surface area contributed by atoms with Crippen LogP contribution < -0.4 is 10.6 Å². The third kappa shape index (κ3) is 5.53. The van der Waals surface area contributed by atoms with Crippen LogP contribution in [0.25, 0.3) is 5.82 Å². The maximum Gasteiger partial charge on any atom is 0.191 e. The molecule has 6 nitrogen and oxygen atoms in total. The van der Waals surface area contributed by atoms with Crippen molar-refractivity contribution in [2.45, 2.75) is 20.0 Å². The van der Waals surface area contributed by atoms with Crippen molar-refractivity contribution < 1.29 is 0 Å². The van der Waals surface area contributed by atoms with E-state index in [1.165, 1.54) is 9.75 Å². The van der Waals surface area contributed by atoms with Crippen molar-refractivity contribution in [2.75, 3.05) is 7.05 Å². The quantitative estimate of drug-likeness (QED) is 0.343. The van der Waals surface area contributed by atoms with E-state index in [-0.39, 0.29) is 24.0 Å². The first-order valence-corrected chi connectivity index (χ1v) is 8.49. The Bertz CT molecular complexity index is 812. The Hall–Kier alpha value is -1.94. The van der Waals surface area contributed by atoms with Crippen LogP contribution in [0.2, 0.25) is 0 Å². The third-order valence-electron chi connectivity index (χ3n) is 3.49. The summed E-state index contributed by atoms with van der Waals surface area (Å²) in [6.45, 7) is 3.56. The second-order valence-electron chi connectivity index (χ2n) is 5.28. The molecule has 132 valence electrons. The smallest absolute Gasteiger partial charge is 0.191 e. The highest BCUT2D eigenvalue weighted by atomic mass is 127. The van der Waals surface area contributed by atoms with Crippen LogP contribution in [0.3, 0.4) is 0 Å². The van der Waals surface area contributed by atoms with E-state index in [1.54, 1.807) is 37.1 Å². The number of imidazole rings is 1. The molecule has 0 aromatic carbocycles. The van der Waals surface area contributed by atoms with Gasteiger partial charge >= 0.3 is 0 Å². The molecule has 0 aliphatic carbocycles. The summed E-state index contributed by atoms with van der Waals surface area (Å²) < 4.78 is 1.88. The predicted molar refractivity (Wildman–Crippen MR) is 113 cm³/mol. The van der Waals surface area contributed by atoms with Gasteiger partial charge in [-0.3, -0.25) is 9.56 Å². The Labute approximate surface area is 168 Å². The third-order valence-corrected chi connectivity index (χ3v) is 4.49. The van der Waals surface area contributed by atoms with E-state index in [1.807, 2.05) is 22.9 Å². The summed E-state index contributed by atoms with van der Waals surface area (Å²) in [7, 11) is 1.78. The largest absolute Gasteiger partial charge is 0.352 e. The molecule has 0 aliphatic heterocycles. The van der Waals surface area contributed by atoms with Crippen LogP contribution in [0.1, 0.15) is 15.3 Å². The molecule has 0 fully saturated rings. The second-order valence-corrected chi connectivity index (χ2v) is 6.66. The lowest BCUT2D eigenvalue weighted by atomic mass is 10.2. The molecule has 0 spiro atoms. The van der Waals surface area contributed by atoms with Gasteiger partial charge < -0.3 is 10.6 Å². The predicted octanol–water partition coefficient (Wildman–Crippen LogP) is 3.12. The number of aryl methyl sites for hydroxylation is 1. The zero-order chi connectivity index (χ0) is 16.8. The monoisotopic (exact) mass is 468 g/mol. The average Bonchev–Trinajstić information content (AvgIpc) is 3.27. The Morgan fingerprint density at radius 3 is 2.72 bits per heavy atom. The first-order chi connectivity index (χ1) is 11.7. The summed E-state index contributed by atoms with van der Waals surface area (Å²) in [6, 6.07) is 8.29. The van der Waals surface area contributed by atoms with Gasteiger partial charge in [0.05, 0.1) is 6.54 Å². The molecule has 0 bridgehead atoms. The van der Waals surface area contributed by atoms with E-state index in [2.05, 4.69) is 44.7 Å². The Morgan fingerprint density at radius 2 is 2.04 bits per heavy atom. The molecule has 8 heteroatoms. The van der Waals surface area contributed by atoms with E-state index in [0.29, 0.717) is 6.54 Å². The van der Waals surface area contributed by atoms with Crippen LogP contribution in [0.4, 0.5) is 0 Å². The second kappa shape index (κ2) is 9.52. The van der Waals surface area contributed by atoms with Gasteiger partial charge in [0, 0.05) is 41.9 Å². The van der Waals surface area contributed by atoms with Gasteiger partial charge in [-0.1, -0.05) is 0 Å². The van der Waals surface area contributed by atoms with E-state index in [4.69, 9.17) is 0 Å². The number of pyridine rings is 1.